The molecule has 0 saturated carbocycles. The molecule has 0 bridgehead atoms. The number of esters is 3. The van der Waals surface area contributed by atoms with Crippen LogP contribution in [0.4, 0.5) is 0 Å². The Morgan fingerprint density at radius 3 is 1.37 bits per heavy atom. The van der Waals surface area contributed by atoms with Crippen molar-refractivity contribution >= 4 is 17.9 Å². The van der Waals surface area contributed by atoms with Gasteiger partial charge in [0.2, 0.25) is 0 Å². The predicted molar refractivity (Wildman–Crippen MR) is 178 cm³/mol. The van der Waals surface area contributed by atoms with Gasteiger partial charge < -0.3 is 14.2 Å². The van der Waals surface area contributed by atoms with Gasteiger partial charge in [-0.1, -0.05) is 124 Å². The summed E-state index contributed by atoms with van der Waals surface area (Å²) < 4.78 is 16.3. The van der Waals surface area contributed by atoms with Crippen LogP contribution in [-0.2, 0) is 28.6 Å². The zero-order valence-corrected chi connectivity index (χ0v) is 28.8. The highest BCUT2D eigenvalue weighted by molar-refractivity contribution is 5.71. The van der Waals surface area contributed by atoms with Crippen molar-refractivity contribution in [3.8, 4) is 0 Å². The Balaban J connectivity index is 4.18. The van der Waals surface area contributed by atoms with E-state index in [0.717, 1.165) is 64.2 Å². The molecule has 0 fully saturated rings. The van der Waals surface area contributed by atoms with Crippen LogP contribution in [0.3, 0.4) is 0 Å². The van der Waals surface area contributed by atoms with Crippen molar-refractivity contribution in [2.24, 2.45) is 11.8 Å². The van der Waals surface area contributed by atoms with Gasteiger partial charge >= 0.3 is 17.9 Å². The molecule has 0 aromatic carbocycles. The van der Waals surface area contributed by atoms with Crippen molar-refractivity contribution in [3.63, 3.8) is 0 Å². The minimum Gasteiger partial charge on any atom is -0.462 e. The van der Waals surface area contributed by atoms with Crippen molar-refractivity contribution in [1.29, 1.82) is 0 Å². The number of allylic oxidation sites excluding steroid dienone is 2. The normalized spacial score (nSPS) is 12.3. The summed E-state index contributed by atoms with van der Waals surface area (Å²) in [6, 6.07) is 0. The van der Waals surface area contributed by atoms with Gasteiger partial charge in [-0.3, -0.25) is 14.4 Å². The maximum Gasteiger partial charge on any atom is 0.306 e. The molecule has 6 nitrogen and oxygen atoms in total. The van der Waals surface area contributed by atoms with Crippen LogP contribution in [0.1, 0.15) is 176 Å². The van der Waals surface area contributed by atoms with E-state index in [1.807, 2.05) is 0 Å². The van der Waals surface area contributed by atoms with Gasteiger partial charge in [-0.25, -0.2) is 0 Å². The Morgan fingerprint density at radius 2 is 0.907 bits per heavy atom. The molecule has 0 aromatic rings. The van der Waals surface area contributed by atoms with Crippen molar-refractivity contribution in [3.05, 3.63) is 12.2 Å². The lowest BCUT2D eigenvalue weighted by molar-refractivity contribution is -0.167. The molecule has 0 amide bonds. The average Bonchev–Trinajstić information content (AvgIpc) is 2.96. The third-order valence-corrected chi connectivity index (χ3v) is 7.63. The highest BCUT2D eigenvalue weighted by atomic mass is 16.6. The topological polar surface area (TPSA) is 78.9 Å². The summed E-state index contributed by atoms with van der Waals surface area (Å²) in [6.45, 7) is 10.8. The van der Waals surface area contributed by atoms with Gasteiger partial charge in [0.1, 0.15) is 13.2 Å². The Morgan fingerprint density at radius 1 is 0.512 bits per heavy atom. The second-order valence-electron chi connectivity index (χ2n) is 13.1. The lowest BCUT2D eigenvalue weighted by atomic mass is 10.1. The Kier molecular flexibility index (Phi) is 28.9. The molecule has 0 rings (SSSR count). The Hall–Kier alpha value is -1.85. The van der Waals surface area contributed by atoms with Crippen LogP contribution in [0.2, 0.25) is 0 Å². The highest BCUT2D eigenvalue weighted by Crippen LogP contribution is 2.13. The van der Waals surface area contributed by atoms with Gasteiger partial charge in [0.25, 0.3) is 0 Å². The first-order chi connectivity index (χ1) is 20.7. The number of hydrogen-bond donors (Lipinski definition) is 0. The fourth-order valence-corrected chi connectivity index (χ4v) is 4.86. The van der Waals surface area contributed by atoms with Gasteiger partial charge in [0.15, 0.2) is 6.10 Å². The first kappa shape index (κ1) is 41.1. The molecule has 0 spiro atoms. The molecule has 0 radical (unpaired) electrons. The lowest BCUT2D eigenvalue weighted by Gasteiger charge is -2.18. The molecule has 0 aliphatic rings. The molecule has 6 heteroatoms. The minimum atomic E-state index is -0.768. The molecule has 0 N–H and O–H groups in total. The summed E-state index contributed by atoms with van der Waals surface area (Å²) in [5, 5.41) is 0. The second kappa shape index (κ2) is 30.2. The van der Waals surface area contributed by atoms with Crippen LogP contribution < -0.4 is 0 Å². The summed E-state index contributed by atoms with van der Waals surface area (Å²) in [6.07, 6.45) is 26.2. The van der Waals surface area contributed by atoms with E-state index in [-0.39, 0.29) is 31.1 Å². The fraction of sp³-hybridized carbons (Fsp3) is 0.865. The zero-order valence-electron chi connectivity index (χ0n) is 28.8. The van der Waals surface area contributed by atoms with Gasteiger partial charge in [0.05, 0.1) is 0 Å². The van der Waals surface area contributed by atoms with E-state index in [4.69, 9.17) is 14.2 Å². The molecular formula is C37H68O6. The average molecular weight is 609 g/mol. The monoisotopic (exact) mass is 609 g/mol. The largest absolute Gasteiger partial charge is 0.462 e. The molecule has 43 heavy (non-hydrogen) atoms. The highest BCUT2D eigenvalue weighted by Gasteiger charge is 2.19. The molecule has 1 atom stereocenters. The van der Waals surface area contributed by atoms with Gasteiger partial charge in [0, 0.05) is 19.3 Å². The zero-order chi connectivity index (χ0) is 32.0. The Bertz CT molecular complexity index is 699. The molecule has 1 unspecified atom stereocenters. The molecular weight excluding hydrogens is 540 g/mol. The summed E-state index contributed by atoms with van der Waals surface area (Å²) in [5.41, 5.74) is 0. The van der Waals surface area contributed by atoms with E-state index in [2.05, 4.69) is 46.8 Å². The quantitative estimate of drug-likeness (QED) is 0.0349. The molecule has 0 saturated heterocycles. The number of unbranched alkanes of at least 4 members (excludes halogenated alkanes) is 13. The van der Waals surface area contributed by atoms with Gasteiger partial charge in [-0.15, -0.1) is 0 Å². The maximum atomic E-state index is 12.4. The van der Waals surface area contributed by atoms with E-state index >= 15 is 0 Å². The molecule has 0 aliphatic heterocycles. The minimum absolute atomic E-state index is 0.0811. The van der Waals surface area contributed by atoms with Crippen LogP contribution in [0, 0.1) is 11.8 Å². The second-order valence-corrected chi connectivity index (χ2v) is 13.1. The summed E-state index contributed by atoms with van der Waals surface area (Å²) in [7, 11) is 0. The van der Waals surface area contributed by atoms with Crippen LogP contribution in [0.15, 0.2) is 12.2 Å². The van der Waals surface area contributed by atoms with E-state index < -0.39 is 6.10 Å². The van der Waals surface area contributed by atoms with E-state index in [0.29, 0.717) is 31.1 Å². The van der Waals surface area contributed by atoms with Crippen LogP contribution >= 0.6 is 0 Å². The Labute approximate surface area is 265 Å². The maximum absolute atomic E-state index is 12.4. The number of rotatable bonds is 30. The first-order valence-corrected chi connectivity index (χ1v) is 17.9. The van der Waals surface area contributed by atoms with E-state index in [9.17, 15) is 14.4 Å². The fourth-order valence-electron chi connectivity index (χ4n) is 4.86. The standard InChI is InChI=1S/C37H68O6/c1-6-7-8-9-10-11-12-13-14-15-16-17-18-19-20-27-35(38)41-30-34(43-37(40)29-24-22-26-33(4)5)31-42-36(39)28-23-21-25-32(2)3/h13-14,32-34H,6-12,15-31H2,1-5H3/b14-13-. The third kappa shape index (κ3) is 31.4. The first-order valence-electron chi connectivity index (χ1n) is 17.9. The SMILES string of the molecule is CCCCCCCC/C=C\CCCCCCCC(=O)OCC(COC(=O)CCCCC(C)C)OC(=O)CCCCC(C)C. The number of carbonyl (C=O) groups excluding carboxylic acids is 3. The van der Waals surface area contributed by atoms with Crippen molar-refractivity contribution in [2.45, 2.75) is 182 Å². The smallest absolute Gasteiger partial charge is 0.306 e. The van der Waals surface area contributed by atoms with Crippen molar-refractivity contribution in [1.82, 2.24) is 0 Å². The molecule has 0 heterocycles. The lowest BCUT2D eigenvalue weighted by Crippen LogP contribution is -2.30. The van der Waals surface area contributed by atoms with Crippen LogP contribution in [-0.4, -0.2) is 37.2 Å². The van der Waals surface area contributed by atoms with Crippen LogP contribution in [0.5, 0.6) is 0 Å². The van der Waals surface area contributed by atoms with Crippen molar-refractivity contribution < 1.29 is 28.6 Å². The van der Waals surface area contributed by atoms with Crippen molar-refractivity contribution in [2.75, 3.05) is 13.2 Å². The van der Waals surface area contributed by atoms with E-state index in [1.54, 1.807) is 0 Å². The number of carbonyl (C=O) groups is 3. The van der Waals surface area contributed by atoms with E-state index in [1.165, 1.54) is 57.8 Å². The predicted octanol–water partition coefficient (Wildman–Crippen LogP) is 10.5. The number of hydrogen-bond acceptors (Lipinski definition) is 6. The molecule has 0 aromatic heterocycles. The van der Waals surface area contributed by atoms with Gasteiger partial charge in [-0.2, -0.15) is 0 Å². The summed E-state index contributed by atoms with van der Waals surface area (Å²) in [4.78, 5) is 36.9. The third-order valence-electron chi connectivity index (χ3n) is 7.63. The summed E-state index contributed by atoms with van der Waals surface area (Å²) >= 11 is 0. The number of ether oxygens (including phenoxy) is 3. The molecule has 0 aliphatic carbocycles. The summed E-state index contributed by atoms with van der Waals surface area (Å²) in [5.74, 6) is 0.277. The van der Waals surface area contributed by atoms with Crippen LogP contribution in [0.25, 0.3) is 0 Å². The van der Waals surface area contributed by atoms with Gasteiger partial charge in [-0.05, 0) is 56.8 Å². The molecule has 252 valence electrons.